The normalized spacial score (nSPS) is 13.2. The minimum absolute atomic E-state index is 0.0613. The van der Waals surface area contributed by atoms with Gasteiger partial charge in [-0.15, -0.1) is 0 Å². The number of carbonyl (C=O) groups is 3. The minimum atomic E-state index is -0.828. The molecule has 7 nitrogen and oxygen atoms in total. The maximum Gasteiger partial charge on any atom is 0.407 e. The molecule has 2 aromatic rings. The van der Waals surface area contributed by atoms with Gasteiger partial charge in [0.1, 0.15) is 19.2 Å². The van der Waals surface area contributed by atoms with Gasteiger partial charge in [-0.1, -0.05) is 62.4 Å². The van der Waals surface area contributed by atoms with Gasteiger partial charge in [-0.2, -0.15) is 0 Å². The molecule has 2 amide bonds. The molecular formula is C23H26N2O5. The van der Waals surface area contributed by atoms with E-state index in [4.69, 9.17) is 4.74 Å². The van der Waals surface area contributed by atoms with Crippen molar-refractivity contribution in [3.8, 4) is 11.1 Å². The van der Waals surface area contributed by atoms with Crippen LogP contribution in [0.1, 0.15) is 30.9 Å². The molecule has 0 unspecified atom stereocenters. The summed E-state index contributed by atoms with van der Waals surface area (Å²) < 4.78 is 10.0. The van der Waals surface area contributed by atoms with Crippen molar-refractivity contribution in [3.05, 3.63) is 59.7 Å². The van der Waals surface area contributed by atoms with Crippen LogP contribution in [0.5, 0.6) is 0 Å². The van der Waals surface area contributed by atoms with Gasteiger partial charge in [0, 0.05) is 5.92 Å². The van der Waals surface area contributed by atoms with Gasteiger partial charge in [0.2, 0.25) is 5.91 Å². The van der Waals surface area contributed by atoms with E-state index in [0.29, 0.717) is 0 Å². The van der Waals surface area contributed by atoms with Gasteiger partial charge in [-0.25, -0.2) is 4.79 Å². The van der Waals surface area contributed by atoms with Crippen LogP contribution in [-0.2, 0) is 19.1 Å². The highest BCUT2D eigenvalue weighted by Gasteiger charge is 2.30. The Balaban J connectivity index is 1.63. The molecule has 0 radical (unpaired) electrons. The van der Waals surface area contributed by atoms with Gasteiger partial charge in [-0.05, 0) is 28.2 Å². The first kappa shape index (κ1) is 21.4. The first-order valence-corrected chi connectivity index (χ1v) is 9.88. The molecule has 0 aliphatic heterocycles. The number of alkyl carbamates (subject to hydrolysis) is 1. The van der Waals surface area contributed by atoms with Crippen molar-refractivity contribution in [1.29, 1.82) is 0 Å². The van der Waals surface area contributed by atoms with E-state index in [2.05, 4.69) is 27.5 Å². The summed E-state index contributed by atoms with van der Waals surface area (Å²) in [6, 6.07) is 15.3. The van der Waals surface area contributed by atoms with Gasteiger partial charge in [0.15, 0.2) is 0 Å². The number of hydrogen-bond donors (Lipinski definition) is 2. The highest BCUT2D eigenvalue weighted by atomic mass is 16.5. The fraction of sp³-hybridized carbons (Fsp3) is 0.348. The van der Waals surface area contributed by atoms with Crippen molar-refractivity contribution in [3.63, 3.8) is 0 Å². The smallest absolute Gasteiger partial charge is 0.407 e. The van der Waals surface area contributed by atoms with E-state index < -0.39 is 24.0 Å². The zero-order valence-electron chi connectivity index (χ0n) is 17.3. The Morgan fingerprint density at radius 2 is 1.53 bits per heavy atom. The number of amides is 2. The summed E-state index contributed by atoms with van der Waals surface area (Å²) in [7, 11) is 1.24. The monoisotopic (exact) mass is 410 g/mol. The molecule has 0 saturated heterocycles. The summed E-state index contributed by atoms with van der Waals surface area (Å²) in [6.45, 7) is 3.50. The van der Waals surface area contributed by atoms with E-state index in [9.17, 15) is 14.4 Å². The molecule has 0 aromatic heterocycles. The van der Waals surface area contributed by atoms with Crippen LogP contribution in [0.4, 0.5) is 4.79 Å². The second kappa shape index (κ2) is 9.43. The number of methoxy groups -OCH3 is 1. The lowest BCUT2D eigenvalue weighted by Crippen LogP contribution is -2.50. The van der Waals surface area contributed by atoms with Gasteiger partial charge in [0.05, 0.1) is 7.11 Å². The van der Waals surface area contributed by atoms with Gasteiger partial charge < -0.3 is 20.1 Å². The summed E-state index contributed by atoms with van der Waals surface area (Å²) in [5, 5.41) is 5.06. The number of fused-ring (bicyclic) bond motifs is 3. The Morgan fingerprint density at radius 1 is 0.967 bits per heavy atom. The van der Waals surface area contributed by atoms with Crippen molar-refractivity contribution < 1.29 is 23.9 Å². The van der Waals surface area contributed by atoms with Crippen molar-refractivity contribution in [2.75, 3.05) is 20.3 Å². The summed E-state index contributed by atoms with van der Waals surface area (Å²) in [6.07, 6.45) is -0.677. The Morgan fingerprint density at radius 3 is 2.07 bits per heavy atom. The SMILES string of the molecule is COC(=O)CNC(=O)[C@@H](NC(=O)OCC1c2ccccc2-c2ccccc21)C(C)C. The second-order valence-corrected chi connectivity index (χ2v) is 7.49. The standard InChI is InChI=1S/C23H26N2O5/c1-14(2)21(22(27)24-12-20(26)29-3)25-23(28)30-13-19-17-10-6-4-8-15(17)16-9-5-7-11-18(16)19/h4-11,14,19,21H,12-13H2,1-3H3,(H,24,27)(H,25,28)/t21-/m0/s1. The molecule has 7 heteroatoms. The Hall–Kier alpha value is -3.35. The molecule has 30 heavy (non-hydrogen) atoms. The van der Waals surface area contributed by atoms with E-state index >= 15 is 0 Å². The fourth-order valence-corrected chi connectivity index (χ4v) is 3.64. The van der Waals surface area contributed by atoms with E-state index in [1.165, 1.54) is 7.11 Å². The number of hydrogen-bond acceptors (Lipinski definition) is 5. The van der Waals surface area contributed by atoms with Gasteiger partial charge >= 0.3 is 12.1 Å². The first-order valence-electron chi connectivity index (χ1n) is 9.88. The maximum atomic E-state index is 12.4. The lowest BCUT2D eigenvalue weighted by atomic mass is 9.98. The number of carbonyl (C=O) groups excluding carboxylic acids is 3. The summed E-state index contributed by atoms with van der Waals surface area (Å²) in [5.41, 5.74) is 4.51. The molecule has 1 atom stereocenters. The van der Waals surface area contributed by atoms with Crippen LogP contribution in [0.25, 0.3) is 11.1 Å². The highest BCUT2D eigenvalue weighted by molar-refractivity contribution is 5.88. The summed E-state index contributed by atoms with van der Waals surface area (Å²) >= 11 is 0. The topological polar surface area (TPSA) is 93.7 Å². The first-order chi connectivity index (χ1) is 14.4. The van der Waals surface area contributed by atoms with Crippen LogP contribution >= 0.6 is 0 Å². The molecule has 2 aromatic carbocycles. The molecule has 158 valence electrons. The largest absolute Gasteiger partial charge is 0.468 e. The fourth-order valence-electron chi connectivity index (χ4n) is 3.64. The van der Waals surface area contributed by atoms with Crippen LogP contribution in [-0.4, -0.2) is 44.3 Å². The van der Waals surface area contributed by atoms with Crippen molar-refractivity contribution >= 4 is 18.0 Å². The zero-order valence-corrected chi connectivity index (χ0v) is 17.3. The molecule has 1 aliphatic carbocycles. The van der Waals surface area contributed by atoms with Crippen molar-refractivity contribution in [1.82, 2.24) is 10.6 Å². The Bertz CT molecular complexity index is 895. The third-order valence-corrected chi connectivity index (χ3v) is 5.20. The van der Waals surface area contributed by atoms with E-state index in [-0.39, 0.29) is 25.0 Å². The number of esters is 1. The predicted molar refractivity (Wildman–Crippen MR) is 112 cm³/mol. The van der Waals surface area contributed by atoms with Crippen molar-refractivity contribution in [2.45, 2.75) is 25.8 Å². The molecule has 2 N–H and O–H groups in total. The molecule has 3 rings (SSSR count). The van der Waals surface area contributed by atoms with E-state index in [0.717, 1.165) is 22.3 Å². The summed E-state index contributed by atoms with van der Waals surface area (Å²) in [4.78, 5) is 36.0. The summed E-state index contributed by atoms with van der Waals surface area (Å²) in [5.74, 6) is -1.28. The van der Waals surface area contributed by atoms with Crippen LogP contribution in [0, 0.1) is 5.92 Å². The number of nitrogens with one attached hydrogen (secondary N) is 2. The maximum absolute atomic E-state index is 12.4. The van der Waals surface area contributed by atoms with Crippen LogP contribution in [0.15, 0.2) is 48.5 Å². The molecule has 0 saturated carbocycles. The minimum Gasteiger partial charge on any atom is -0.468 e. The molecule has 0 spiro atoms. The molecule has 0 bridgehead atoms. The van der Waals surface area contributed by atoms with E-state index in [1.807, 2.05) is 36.4 Å². The third-order valence-electron chi connectivity index (χ3n) is 5.20. The number of rotatable bonds is 7. The molecule has 1 aliphatic rings. The van der Waals surface area contributed by atoms with E-state index in [1.54, 1.807) is 13.8 Å². The van der Waals surface area contributed by atoms with Crippen LogP contribution in [0.3, 0.4) is 0 Å². The lowest BCUT2D eigenvalue weighted by Gasteiger charge is -2.22. The zero-order chi connectivity index (χ0) is 21.7. The van der Waals surface area contributed by atoms with Crippen LogP contribution in [0.2, 0.25) is 0 Å². The molecule has 0 fully saturated rings. The lowest BCUT2D eigenvalue weighted by molar-refractivity contribution is -0.141. The van der Waals surface area contributed by atoms with Crippen LogP contribution < -0.4 is 10.6 Å². The van der Waals surface area contributed by atoms with Gasteiger partial charge in [0.25, 0.3) is 0 Å². The molecule has 0 heterocycles. The average molecular weight is 410 g/mol. The highest BCUT2D eigenvalue weighted by Crippen LogP contribution is 2.44. The van der Waals surface area contributed by atoms with Crippen molar-refractivity contribution in [2.24, 2.45) is 5.92 Å². The Kier molecular flexibility index (Phi) is 6.72. The average Bonchev–Trinajstić information content (AvgIpc) is 3.07. The quantitative estimate of drug-likeness (QED) is 0.685. The Labute approximate surface area is 175 Å². The number of ether oxygens (including phenoxy) is 2. The molecular weight excluding hydrogens is 384 g/mol. The number of benzene rings is 2. The second-order valence-electron chi connectivity index (χ2n) is 7.49. The predicted octanol–water partition coefficient (Wildman–Crippen LogP) is 2.84. The van der Waals surface area contributed by atoms with Gasteiger partial charge in [-0.3, -0.25) is 9.59 Å². The third kappa shape index (κ3) is 4.62.